The molecule has 1 fully saturated rings. The van der Waals surface area contributed by atoms with Crippen LogP contribution in [0.5, 0.6) is 0 Å². The maximum Gasteiger partial charge on any atom is 0.302 e. The van der Waals surface area contributed by atoms with Crippen LogP contribution in [0, 0.1) is 11.3 Å². The summed E-state index contributed by atoms with van der Waals surface area (Å²) in [6.07, 6.45) is 1.98. The molecule has 10 heteroatoms. The lowest BCUT2D eigenvalue weighted by atomic mass is 10.0. The molecule has 0 spiro atoms. The lowest BCUT2D eigenvalue weighted by molar-refractivity contribution is -0.149. The number of esters is 1. The Bertz CT molecular complexity index is 812. The van der Waals surface area contributed by atoms with E-state index in [2.05, 4.69) is 21.0 Å². The van der Waals surface area contributed by atoms with E-state index in [9.17, 15) is 10.1 Å². The van der Waals surface area contributed by atoms with E-state index < -0.39 is 17.8 Å². The highest BCUT2D eigenvalue weighted by atomic mass is 16.6. The second-order valence-electron chi connectivity index (χ2n) is 5.29. The number of aromatic nitrogens is 4. The van der Waals surface area contributed by atoms with Crippen LogP contribution in [0.25, 0.3) is 11.2 Å². The Balaban J connectivity index is 1.90. The molecule has 0 saturated carbocycles. The number of nitrogens with zero attached hydrogens (tertiary/aromatic N) is 5. The fraction of sp³-hybridized carbons (Fsp3) is 0.462. The first-order valence-electron chi connectivity index (χ1n) is 6.92. The summed E-state index contributed by atoms with van der Waals surface area (Å²) < 4.78 is 12.4. The summed E-state index contributed by atoms with van der Waals surface area (Å²) in [4.78, 5) is 23.0. The molecule has 0 unspecified atom stereocenters. The van der Waals surface area contributed by atoms with Gasteiger partial charge in [0.25, 0.3) is 0 Å². The van der Waals surface area contributed by atoms with Gasteiger partial charge in [-0.2, -0.15) is 15.2 Å². The van der Waals surface area contributed by atoms with E-state index in [1.54, 1.807) is 4.57 Å². The normalized spacial score (nSPS) is 23.7. The highest BCUT2D eigenvalue weighted by molar-refractivity contribution is 5.83. The van der Waals surface area contributed by atoms with Crippen LogP contribution >= 0.6 is 0 Å². The number of nitriles is 1. The maximum absolute atomic E-state index is 11.0. The van der Waals surface area contributed by atoms with Crippen molar-refractivity contribution in [2.75, 3.05) is 18.1 Å². The van der Waals surface area contributed by atoms with Crippen molar-refractivity contribution in [1.82, 2.24) is 19.5 Å². The van der Waals surface area contributed by atoms with Crippen molar-refractivity contribution in [2.24, 2.45) is 0 Å². The lowest BCUT2D eigenvalue weighted by Crippen LogP contribution is -2.33. The molecule has 3 heterocycles. The number of rotatable bonds is 3. The number of hydrogen-bond donors (Lipinski definition) is 2. The van der Waals surface area contributed by atoms with Crippen LogP contribution in [0.1, 0.15) is 26.0 Å². The van der Waals surface area contributed by atoms with Crippen molar-refractivity contribution in [3.8, 4) is 6.07 Å². The third-order valence-electron chi connectivity index (χ3n) is 3.65. The van der Waals surface area contributed by atoms with Gasteiger partial charge in [-0.25, -0.2) is 4.98 Å². The van der Waals surface area contributed by atoms with Crippen LogP contribution in [0.4, 0.5) is 11.8 Å². The second-order valence-corrected chi connectivity index (χ2v) is 5.29. The Morgan fingerprint density at radius 3 is 3.09 bits per heavy atom. The third-order valence-corrected chi connectivity index (χ3v) is 3.65. The Morgan fingerprint density at radius 1 is 1.61 bits per heavy atom. The number of fused-ring (bicyclic) bond motifs is 1. The number of imidazole rings is 1. The molecule has 0 amide bonds. The predicted octanol–water partition coefficient (Wildman–Crippen LogP) is 0.125. The first kappa shape index (κ1) is 15.0. The van der Waals surface area contributed by atoms with Crippen molar-refractivity contribution in [3.05, 3.63) is 6.33 Å². The standard InChI is InChI=1S/C13H15N7O3/c1-7(21)22-5-13(4-14)3-2-8(23-13)20-6-17-11-9(20)10(15)18-12(16)19-11/h6,8H,2-3,5H2,1H3,(H4,15,16,18,19)/t8-,13+/m1/s1. The van der Waals surface area contributed by atoms with Crippen LogP contribution in [0.2, 0.25) is 0 Å². The van der Waals surface area contributed by atoms with E-state index in [0.29, 0.717) is 24.0 Å². The lowest BCUT2D eigenvalue weighted by Gasteiger charge is -2.22. The zero-order valence-electron chi connectivity index (χ0n) is 12.4. The third kappa shape index (κ3) is 2.62. The molecule has 0 aromatic carbocycles. The van der Waals surface area contributed by atoms with Crippen LogP contribution < -0.4 is 11.5 Å². The van der Waals surface area contributed by atoms with E-state index in [-0.39, 0.29) is 18.4 Å². The summed E-state index contributed by atoms with van der Waals surface area (Å²) in [6.45, 7) is 1.16. The zero-order chi connectivity index (χ0) is 16.6. The molecule has 1 saturated heterocycles. The topological polar surface area (TPSA) is 155 Å². The molecule has 1 aliphatic heterocycles. The highest BCUT2D eigenvalue weighted by Crippen LogP contribution is 2.38. The molecule has 10 nitrogen and oxygen atoms in total. The molecule has 3 rings (SSSR count). The summed E-state index contributed by atoms with van der Waals surface area (Å²) in [7, 11) is 0. The molecular formula is C13H15N7O3. The molecule has 1 aliphatic rings. The average molecular weight is 317 g/mol. The maximum atomic E-state index is 11.0. The van der Waals surface area contributed by atoms with Gasteiger partial charge >= 0.3 is 5.97 Å². The van der Waals surface area contributed by atoms with Gasteiger partial charge in [0.05, 0.1) is 6.33 Å². The van der Waals surface area contributed by atoms with Gasteiger partial charge in [0, 0.05) is 6.92 Å². The number of carbonyl (C=O) groups excluding carboxylic acids is 1. The first-order chi connectivity index (χ1) is 10.9. The predicted molar refractivity (Wildman–Crippen MR) is 78.5 cm³/mol. The Morgan fingerprint density at radius 2 is 2.39 bits per heavy atom. The molecule has 2 aromatic heterocycles. The summed E-state index contributed by atoms with van der Waals surface area (Å²) in [5.74, 6) is -0.246. The highest BCUT2D eigenvalue weighted by Gasteiger charge is 2.43. The van der Waals surface area contributed by atoms with Crippen molar-refractivity contribution >= 4 is 28.9 Å². The zero-order valence-corrected chi connectivity index (χ0v) is 12.4. The van der Waals surface area contributed by atoms with Crippen LogP contribution in [0.3, 0.4) is 0 Å². The van der Waals surface area contributed by atoms with Gasteiger partial charge in [-0.05, 0) is 12.8 Å². The number of ether oxygens (including phenoxy) is 2. The number of hydrogen-bond acceptors (Lipinski definition) is 9. The van der Waals surface area contributed by atoms with Crippen molar-refractivity contribution < 1.29 is 14.3 Å². The molecule has 0 aliphatic carbocycles. The molecule has 23 heavy (non-hydrogen) atoms. The van der Waals surface area contributed by atoms with Crippen molar-refractivity contribution in [2.45, 2.75) is 31.6 Å². The molecule has 0 radical (unpaired) electrons. The number of anilines is 2. The minimum atomic E-state index is -1.18. The number of nitrogen functional groups attached to an aromatic ring is 2. The molecule has 2 aromatic rings. The summed E-state index contributed by atoms with van der Waals surface area (Å²) in [6, 6.07) is 2.08. The van der Waals surface area contributed by atoms with E-state index >= 15 is 0 Å². The first-order valence-corrected chi connectivity index (χ1v) is 6.92. The average Bonchev–Trinajstić information content (AvgIpc) is 3.09. The van der Waals surface area contributed by atoms with E-state index in [1.807, 2.05) is 0 Å². The van der Waals surface area contributed by atoms with E-state index in [0.717, 1.165) is 0 Å². The Hall–Kier alpha value is -2.93. The van der Waals surface area contributed by atoms with Gasteiger partial charge in [-0.1, -0.05) is 0 Å². The fourth-order valence-corrected chi connectivity index (χ4v) is 2.58. The minimum Gasteiger partial charge on any atom is -0.462 e. The van der Waals surface area contributed by atoms with Crippen molar-refractivity contribution in [1.29, 1.82) is 5.26 Å². The molecule has 120 valence electrons. The van der Waals surface area contributed by atoms with Gasteiger partial charge in [0.1, 0.15) is 24.4 Å². The van der Waals surface area contributed by atoms with E-state index in [1.165, 1.54) is 13.3 Å². The van der Waals surface area contributed by atoms with E-state index in [4.69, 9.17) is 20.9 Å². The SMILES string of the molecule is CC(=O)OC[C@@]1(C#N)CC[C@H](n2cnc3nc(N)nc(N)c32)O1. The fourth-order valence-electron chi connectivity index (χ4n) is 2.58. The second kappa shape index (κ2) is 5.36. The van der Waals surface area contributed by atoms with Crippen LogP contribution in [0.15, 0.2) is 6.33 Å². The molecule has 0 bridgehead atoms. The number of carbonyl (C=O) groups is 1. The van der Waals surface area contributed by atoms with Crippen LogP contribution in [-0.4, -0.2) is 37.7 Å². The van der Waals surface area contributed by atoms with Crippen molar-refractivity contribution in [3.63, 3.8) is 0 Å². The van der Waals surface area contributed by atoms with Crippen LogP contribution in [-0.2, 0) is 14.3 Å². The van der Waals surface area contributed by atoms with Gasteiger partial charge in [-0.3, -0.25) is 9.36 Å². The van der Waals surface area contributed by atoms with Gasteiger partial charge in [-0.15, -0.1) is 0 Å². The quantitative estimate of drug-likeness (QED) is 0.751. The Labute approximate surface area is 131 Å². The smallest absolute Gasteiger partial charge is 0.302 e. The minimum absolute atomic E-state index is 0.0359. The van der Waals surface area contributed by atoms with Gasteiger partial charge in [0.2, 0.25) is 5.95 Å². The van der Waals surface area contributed by atoms with Gasteiger partial charge in [0.15, 0.2) is 17.1 Å². The summed E-state index contributed by atoms with van der Waals surface area (Å²) in [5.41, 5.74) is 11.1. The monoisotopic (exact) mass is 317 g/mol. The Kier molecular flexibility index (Phi) is 3.49. The summed E-state index contributed by atoms with van der Waals surface area (Å²) >= 11 is 0. The largest absolute Gasteiger partial charge is 0.462 e. The molecule has 4 N–H and O–H groups in total. The molecular weight excluding hydrogens is 302 g/mol. The van der Waals surface area contributed by atoms with Gasteiger partial charge < -0.3 is 20.9 Å². The number of nitrogens with two attached hydrogens (primary N) is 2. The summed E-state index contributed by atoms with van der Waals surface area (Å²) in [5, 5.41) is 9.39. The molecule has 2 atom stereocenters.